The van der Waals surface area contributed by atoms with Gasteiger partial charge in [-0.1, -0.05) is 18.1 Å². The summed E-state index contributed by atoms with van der Waals surface area (Å²) in [6.45, 7) is 7.14. The lowest BCUT2D eigenvalue weighted by Crippen LogP contribution is -2.46. The first-order chi connectivity index (χ1) is 7.63. The molecule has 4 fully saturated rings. The van der Waals surface area contributed by atoms with E-state index in [0.29, 0.717) is 5.41 Å². The van der Waals surface area contributed by atoms with E-state index in [2.05, 4.69) is 20.8 Å². The third-order valence-corrected chi connectivity index (χ3v) is 6.00. The monoisotopic (exact) mass is 218 g/mol. The van der Waals surface area contributed by atoms with Gasteiger partial charge in [-0.2, -0.15) is 0 Å². The summed E-state index contributed by atoms with van der Waals surface area (Å²) in [7, 11) is 0. The second-order valence-electron chi connectivity index (χ2n) is 6.96. The molecule has 0 aromatic rings. The Bertz CT molecular complexity index is 286. The second kappa shape index (κ2) is 3.62. The summed E-state index contributed by atoms with van der Waals surface area (Å²) >= 11 is 0. The van der Waals surface area contributed by atoms with Crippen LogP contribution < -0.4 is 0 Å². The Hall–Kier alpha value is -0.260. The molecule has 4 bridgehead atoms. The Kier molecular flexibility index (Phi) is 2.46. The molecule has 0 heteroatoms. The summed E-state index contributed by atoms with van der Waals surface area (Å²) in [6, 6.07) is 0. The first-order valence-corrected chi connectivity index (χ1v) is 7.30. The van der Waals surface area contributed by atoms with Gasteiger partial charge in [0.2, 0.25) is 0 Å². The molecule has 4 aliphatic rings. The van der Waals surface area contributed by atoms with Crippen LogP contribution in [0.15, 0.2) is 11.1 Å². The average molecular weight is 218 g/mol. The van der Waals surface area contributed by atoms with E-state index in [1.165, 1.54) is 25.7 Å². The van der Waals surface area contributed by atoms with E-state index in [9.17, 15) is 0 Å². The van der Waals surface area contributed by atoms with Crippen LogP contribution in [0.4, 0.5) is 0 Å². The zero-order valence-corrected chi connectivity index (χ0v) is 11.2. The molecule has 0 nitrogen and oxygen atoms in total. The van der Waals surface area contributed by atoms with E-state index in [1.807, 2.05) is 0 Å². The van der Waals surface area contributed by atoms with E-state index in [4.69, 9.17) is 0 Å². The average Bonchev–Trinajstić information content (AvgIpc) is 2.25. The standard InChI is InChI=1S/C16H26/c1-4-11(2)12(3)16-8-13-5-14(9-16)7-15(6-13)10-16/h13-15H,4-10H2,1-3H3/b12-11+. The van der Waals surface area contributed by atoms with Gasteiger partial charge in [0.1, 0.15) is 0 Å². The molecule has 0 radical (unpaired) electrons. The first-order valence-electron chi connectivity index (χ1n) is 7.30. The fourth-order valence-electron chi connectivity index (χ4n) is 5.29. The SMILES string of the molecule is CC/C(C)=C(\C)C12CC3CC(CC(C3)C1)C2. The maximum atomic E-state index is 2.45. The van der Waals surface area contributed by atoms with Crippen LogP contribution in [0.2, 0.25) is 0 Å². The molecule has 4 aliphatic carbocycles. The summed E-state index contributed by atoms with van der Waals surface area (Å²) in [5, 5.41) is 0. The maximum absolute atomic E-state index is 2.45. The highest BCUT2D eigenvalue weighted by atomic mass is 14.6. The molecule has 0 aromatic heterocycles. The van der Waals surface area contributed by atoms with Crippen LogP contribution in [0.5, 0.6) is 0 Å². The van der Waals surface area contributed by atoms with E-state index >= 15 is 0 Å². The molecule has 0 unspecified atom stereocenters. The third kappa shape index (κ3) is 1.49. The molecule has 0 heterocycles. The van der Waals surface area contributed by atoms with Crippen LogP contribution in [0.1, 0.15) is 65.7 Å². The van der Waals surface area contributed by atoms with Crippen molar-refractivity contribution >= 4 is 0 Å². The molecule has 0 amide bonds. The highest BCUT2D eigenvalue weighted by Crippen LogP contribution is 2.63. The van der Waals surface area contributed by atoms with Gasteiger partial charge in [-0.15, -0.1) is 0 Å². The number of hydrogen-bond donors (Lipinski definition) is 0. The van der Waals surface area contributed by atoms with Gasteiger partial charge in [0, 0.05) is 0 Å². The van der Waals surface area contributed by atoms with Gasteiger partial charge in [-0.25, -0.2) is 0 Å². The number of rotatable bonds is 2. The van der Waals surface area contributed by atoms with Gasteiger partial charge in [-0.05, 0) is 82.0 Å². The smallest absolute Gasteiger partial charge is 0.00804 e. The quantitative estimate of drug-likeness (QED) is 0.575. The zero-order chi connectivity index (χ0) is 11.3. The molecule has 0 spiro atoms. The van der Waals surface area contributed by atoms with Crippen molar-refractivity contribution in [3.05, 3.63) is 11.1 Å². The fourth-order valence-corrected chi connectivity index (χ4v) is 5.29. The summed E-state index contributed by atoms with van der Waals surface area (Å²) < 4.78 is 0. The third-order valence-electron chi connectivity index (χ3n) is 6.00. The van der Waals surface area contributed by atoms with Crippen molar-refractivity contribution in [2.24, 2.45) is 23.2 Å². The van der Waals surface area contributed by atoms with Crippen molar-refractivity contribution in [1.82, 2.24) is 0 Å². The Morgan fingerprint density at radius 3 is 1.75 bits per heavy atom. The minimum absolute atomic E-state index is 0.662. The first kappa shape index (κ1) is 10.9. The second-order valence-corrected chi connectivity index (χ2v) is 6.96. The molecule has 0 aliphatic heterocycles. The van der Waals surface area contributed by atoms with Gasteiger partial charge >= 0.3 is 0 Å². The van der Waals surface area contributed by atoms with Crippen molar-refractivity contribution in [2.45, 2.75) is 65.7 Å². The highest BCUT2D eigenvalue weighted by Gasteiger charge is 2.51. The summed E-state index contributed by atoms with van der Waals surface area (Å²) in [5.74, 6) is 3.27. The lowest BCUT2D eigenvalue weighted by Gasteiger charge is -2.57. The van der Waals surface area contributed by atoms with Crippen LogP contribution >= 0.6 is 0 Å². The summed E-state index contributed by atoms with van der Waals surface area (Å²) in [5.41, 5.74) is 4.13. The van der Waals surface area contributed by atoms with E-state index in [1.54, 1.807) is 30.4 Å². The molecule has 0 atom stereocenters. The van der Waals surface area contributed by atoms with Gasteiger partial charge in [0.25, 0.3) is 0 Å². The van der Waals surface area contributed by atoms with Gasteiger partial charge in [0.15, 0.2) is 0 Å². The van der Waals surface area contributed by atoms with Crippen LogP contribution in [-0.4, -0.2) is 0 Å². The molecule has 4 saturated carbocycles. The lowest BCUT2D eigenvalue weighted by molar-refractivity contribution is -0.0310. The molecule has 0 N–H and O–H groups in total. The molecular weight excluding hydrogens is 192 g/mol. The highest BCUT2D eigenvalue weighted by molar-refractivity contribution is 5.23. The molecule has 16 heavy (non-hydrogen) atoms. The van der Waals surface area contributed by atoms with Gasteiger partial charge in [-0.3, -0.25) is 0 Å². The molecular formula is C16H26. The number of hydrogen-bond acceptors (Lipinski definition) is 0. The van der Waals surface area contributed by atoms with Crippen molar-refractivity contribution in [2.75, 3.05) is 0 Å². The lowest BCUT2D eigenvalue weighted by atomic mass is 9.47. The minimum Gasteiger partial charge on any atom is -0.0741 e. The zero-order valence-electron chi connectivity index (χ0n) is 11.2. The Morgan fingerprint density at radius 1 is 0.938 bits per heavy atom. The fraction of sp³-hybridized carbons (Fsp3) is 0.875. The maximum Gasteiger partial charge on any atom is -0.00804 e. The van der Waals surface area contributed by atoms with Crippen molar-refractivity contribution in [1.29, 1.82) is 0 Å². The van der Waals surface area contributed by atoms with Crippen molar-refractivity contribution in [3.63, 3.8) is 0 Å². The van der Waals surface area contributed by atoms with Crippen molar-refractivity contribution < 1.29 is 0 Å². The minimum atomic E-state index is 0.662. The van der Waals surface area contributed by atoms with Crippen LogP contribution in [0, 0.1) is 23.2 Å². The Morgan fingerprint density at radius 2 is 1.38 bits per heavy atom. The Labute approximate surface area is 101 Å². The molecule has 0 aromatic carbocycles. The summed E-state index contributed by atoms with van der Waals surface area (Å²) in [4.78, 5) is 0. The van der Waals surface area contributed by atoms with Crippen LogP contribution in [0.25, 0.3) is 0 Å². The molecule has 0 saturated heterocycles. The topological polar surface area (TPSA) is 0 Å². The van der Waals surface area contributed by atoms with Gasteiger partial charge in [0.05, 0.1) is 0 Å². The largest absolute Gasteiger partial charge is 0.0741 e. The van der Waals surface area contributed by atoms with E-state index < -0.39 is 0 Å². The Balaban J connectivity index is 1.94. The van der Waals surface area contributed by atoms with Gasteiger partial charge < -0.3 is 0 Å². The van der Waals surface area contributed by atoms with Crippen molar-refractivity contribution in [3.8, 4) is 0 Å². The predicted molar refractivity (Wildman–Crippen MR) is 69.3 cm³/mol. The predicted octanol–water partition coefficient (Wildman–Crippen LogP) is 4.95. The molecule has 90 valence electrons. The van der Waals surface area contributed by atoms with Crippen LogP contribution in [-0.2, 0) is 0 Å². The summed E-state index contributed by atoms with van der Waals surface area (Å²) in [6.07, 6.45) is 10.5. The number of allylic oxidation sites excluding steroid dienone is 2. The molecule has 4 rings (SSSR count). The van der Waals surface area contributed by atoms with Crippen LogP contribution in [0.3, 0.4) is 0 Å². The normalized spacial score (nSPS) is 47.1. The van der Waals surface area contributed by atoms with E-state index in [0.717, 1.165) is 17.8 Å². The van der Waals surface area contributed by atoms with E-state index in [-0.39, 0.29) is 0 Å².